The molecule has 0 unspecified atom stereocenters. The molecule has 1 aromatic heterocycles. The molecule has 24 heavy (non-hydrogen) atoms. The largest absolute Gasteiger partial charge is 0.338 e. The number of nitrogens with zero attached hydrogens (tertiary/aromatic N) is 3. The molecule has 0 aliphatic carbocycles. The number of hydrogen-bond donors (Lipinski definition) is 1. The average Bonchev–Trinajstić information content (AvgIpc) is 2.94. The number of carbonyl (C=O) groups excluding carboxylic acids is 2. The summed E-state index contributed by atoms with van der Waals surface area (Å²) >= 11 is 6.03. The van der Waals surface area contributed by atoms with Gasteiger partial charge in [-0.2, -0.15) is 5.10 Å². The van der Waals surface area contributed by atoms with E-state index in [-0.39, 0.29) is 18.2 Å². The van der Waals surface area contributed by atoms with Crippen LogP contribution in [0.25, 0.3) is 0 Å². The molecule has 128 valence electrons. The lowest BCUT2D eigenvalue weighted by molar-refractivity contribution is -0.134. The number of amides is 2. The normalized spacial score (nSPS) is 10.5. The zero-order chi connectivity index (χ0) is 17.7. The third kappa shape index (κ3) is 4.58. The summed E-state index contributed by atoms with van der Waals surface area (Å²) < 4.78 is 1.68. The third-order valence-electron chi connectivity index (χ3n) is 3.72. The van der Waals surface area contributed by atoms with Crippen LogP contribution in [0.1, 0.15) is 24.5 Å². The molecule has 0 aliphatic rings. The van der Waals surface area contributed by atoms with Crippen LogP contribution in [0.4, 0.5) is 5.69 Å². The first kappa shape index (κ1) is 18.0. The molecule has 0 fully saturated rings. The molecule has 2 amide bonds. The second-order valence-corrected chi connectivity index (χ2v) is 5.97. The monoisotopic (exact) mass is 348 g/mol. The predicted octanol–water partition coefficient (Wildman–Crippen LogP) is 2.76. The lowest BCUT2D eigenvalue weighted by Gasteiger charge is -2.20. The topological polar surface area (TPSA) is 67.2 Å². The van der Waals surface area contributed by atoms with Gasteiger partial charge >= 0.3 is 0 Å². The highest BCUT2D eigenvalue weighted by molar-refractivity contribution is 6.31. The number of nitrogens with one attached hydrogen (secondary N) is 1. The first-order valence-electron chi connectivity index (χ1n) is 7.71. The fourth-order valence-electron chi connectivity index (χ4n) is 2.34. The van der Waals surface area contributed by atoms with Crippen LogP contribution in [0.3, 0.4) is 0 Å². The summed E-state index contributed by atoms with van der Waals surface area (Å²) in [7, 11) is 1.82. The van der Waals surface area contributed by atoms with E-state index in [0.29, 0.717) is 23.8 Å². The molecule has 6 nitrogen and oxygen atoms in total. The molecule has 0 radical (unpaired) electrons. The Balaban J connectivity index is 1.96. The Hall–Kier alpha value is -2.34. The molecule has 1 heterocycles. The maximum Gasteiger partial charge on any atom is 0.233 e. The fourth-order valence-corrected chi connectivity index (χ4v) is 2.51. The van der Waals surface area contributed by atoms with E-state index in [2.05, 4.69) is 10.4 Å². The van der Waals surface area contributed by atoms with Crippen LogP contribution in [0.2, 0.25) is 5.02 Å². The van der Waals surface area contributed by atoms with Gasteiger partial charge in [0.15, 0.2) is 0 Å². The van der Waals surface area contributed by atoms with E-state index in [1.807, 2.05) is 27.1 Å². The van der Waals surface area contributed by atoms with Crippen molar-refractivity contribution >= 4 is 29.1 Å². The molecule has 0 saturated heterocycles. The molecule has 0 aliphatic heterocycles. The second-order valence-electron chi connectivity index (χ2n) is 5.57. The molecule has 0 spiro atoms. The van der Waals surface area contributed by atoms with Crippen molar-refractivity contribution in [3.63, 3.8) is 0 Å². The number of rotatable bonds is 6. The van der Waals surface area contributed by atoms with Gasteiger partial charge in [-0.3, -0.25) is 14.3 Å². The maximum atomic E-state index is 12.3. The highest BCUT2D eigenvalue weighted by Gasteiger charge is 2.17. The van der Waals surface area contributed by atoms with Crippen molar-refractivity contribution < 1.29 is 9.59 Å². The van der Waals surface area contributed by atoms with Crippen LogP contribution in [-0.2, 0) is 23.2 Å². The smallest absolute Gasteiger partial charge is 0.233 e. The van der Waals surface area contributed by atoms with E-state index in [1.165, 1.54) is 0 Å². The quantitative estimate of drug-likeness (QED) is 0.816. The molecule has 1 aromatic carbocycles. The second kappa shape index (κ2) is 7.97. The average molecular weight is 349 g/mol. The number of aryl methyl sites for hydroxylation is 1. The number of carbonyl (C=O) groups is 2. The molecule has 0 atom stereocenters. The van der Waals surface area contributed by atoms with Crippen molar-refractivity contribution in [3.8, 4) is 0 Å². The van der Waals surface area contributed by atoms with Gasteiger partial charge in [-0.1, -0.05) is 17.7 Å². The van der Waals surface area contributed by atoms with E-state index < -0.39 is 0 Å². The van der Waals surface area contributed by atoms with Crippen molar-refractivity contribution in [2.24, 2.45) is 7.05 Å². The summed E-state index contributed by atoms with van der Waals surface area (Å²) in [6.07, 6.45) is 3.36. The maximum absolute atomic E-state index is 12.3. The van der Waals surface area contributed by atoms with Gasteiger partial charge in [0.2, 0.25) is 11.8 Å². The standard InChI is InChI=1S/C17H21ClN4O2/c1-4-22(11-13-9-19-21(3)10-13)17(24)8-16(23)20-15-7-5-6-14(18)12(15)2/h5-7,9-10H,4,8,11H2,1-3H3,(H,20,23). The van der Waals surface area contributed by atoms with Gasteiger partial charge in [-0.25, -0.2) is 0 Å². The van der Waals surface area contributed by atoms with Crippen molar-refractivity contribution in [2.75, 3.05) is 11.9 Å². The molecule has 7 heteroatoms. The number of hydrogen-bond acceptors (Lipinski definition) is 3. The van der Waals surface area contributed by atoms with Gasteiger partial charge in [0, 0.05) is 42.6 Å². The molecule has 2 aromatic rings. The van der Waals surface area contributed by atoms with Crippen molar-refractivity contribution in [1.82, 2.24) is 14.7 Å². The Morgan fingerprint density at radius 2 is 2.12 bits per heavy atom. The summed E-state index contributed by atoms with van der Waals surface area (Å²) in [5.74, 6) is -0.575. The Morgan fingerprint density at radius 1 is 1.38 bits per heavy atom. The lowest BCUT2D eigenvalue weighted by atomic mass is 10.2. The van der Waals surface area contributed by atoms with E-state index in [0.717, 1.165) is 11.1 Å². The van der Waals surface area contributed by atoms with Gasteiger partial charge in [0.25, 0.3) is 0 Å². The third-order valence-corrected chi connectivity index (χ3v) is 4.13. The zero-order valence-electron chi connectivity index (χ0n) is 14.0. The van der Waals surface area contributed by atoms with Gasteiger partial charge in [-0.05, 0) is 31.5 Å². The summed E-state index contributed by atoms with van der Waals surface area (Å²) in [6.45, 7) is 4.66. The SMILES string of the molecule is CCN(Cc1cnn(C)c1)C(=O)CC(=O)Nc1cccc(Cl)c1C. The fraction of sp³-hybridized carbons (Fsp3) is 0.353. The van der Waals surface area contributed by atoms with Crippen molar-refractivity contribution in [3.05, 3.63) is 46.7 Å². The van der Waals surface area contributed by atoms with Crippen molar-refractivity contribution in [1.29, 1.82) is 0 Å². The number of benzene rings is 1. The van der Waals surface area contributed by atoms with Crippen LogP contribution < -0.4 is 5.32 Å². The van der Waals surface area contributed by atoms with E-state index in [9.17, 15) is 9.59 Å². The van der Waals surface area contributed by atoms with Crippen LogP contribution in [0.15, 0.2) is 30.6 Å². The lowest BCUT2D eigenvalue weighted by Crippen LogP contribution is -2.33. The zero-order valence-corrected chi connectivity index (χ0v) is 14.8. The van der Waals surface area contributed by atoms with Gasteiger partial charge in [0.1, 0.15) is 6.42 Å². The highest BCUT2D eigenvalue weighted by Crippen LogP contribution is 2.23. The first-order valence-corrected chi connectivity index (χ1v) is 8.08. The number of anilines is 1. The predicted molar refractivity (Wildman–Crippen MR) is 93.7 cm³/mol. The van der Waals surface area contributed by atoms with Crippen LogP contribution in [0, 0.1) is 6.92 Å². The number of aromatic nitrogens is 2. The summed E-state index contributed by atoms with van der Waals surface area (Å²) in [6, 6.07) is 5.27. The minimum absolute atomic E-state index is 0.208. The first-order chi connectivity index (χ1) is 11.4. The van der Waals surface area contributed by atoms with Crippen LogP contribution in [-0.4, -0.2) is 33.0 Å². The Labute approximate surface area is 146 Å². The van der Waals surface area contributed by atoms with E-state index in [1.54, 1.807) is 34.0 Å². The molecule has 2 rings (SSSR count). The minimum atomic E-state index is -0.352. The Morgan fingerprint density at radius 3 is 2.75 bits per heavy atom. The number of halogens is 1. The van der Waals surface area contributed by atoms with Gasteiger partial charge in [-0.15, -0.1) is 0 Å². The Bertz CT molecular complexity index is 742. The Kier molecular flexibility index (Phi) is 5.98. The summed E-state index contributed by atoms with van der Waals surface area (Å²) in [5, 5.41) is 7.40. The minimum Gasteiger partial charge on any atom is -0.338 e. The van der Waals surface area contributed by atoms with Crippen LogP contribution in [0.5, 0.6) is 0 Å². The highest BCUT2D eigenvalue weighted by atomic mass is 35.5. The molecule has 0 bridgehead atoms. The van der Waals surface area contributed by atoms with E-state index in [4.69, 9.17) is 11.6 Å². The van der Waals surface area contributed by atoms with Gasteiger partial charge in [0.05, 0.1) is 6.20 Å². The molecular formula is C17H21ClN4O2. The molecular weight excluding hydrogens is 328 g/mol. The van der Waals surface area contributed by atoms with Crippen molar-refractivity contribution in [2.45, 2.75) is 26.8 Å². The van der Waals surface area contributed by atoms with E-state index >= 15 is 0 Å². The summed E-state index contributed by atoms with van der Waals surface area (Å²) in [5.41, 5.74) is 2.33. The summed E-state index contributed by atoms with van der Waals surface area (Å²) in [4.78, 5) is 26.1. The van der Waals surface area contributed by atoms with Crippen LogP contribution >= 0.6 is 11.6 Å². The van der Waals surface area contributed by atoms with Gasteiger partial charge < -0.3 is 10.2 Å². The molecule has 0 saturated carbocycles. The molecule has 1 N–H and O–H groups in total.